The molecule has 0 fully saturated rings. The fraction of sp³-hybridized carbons (Fsp3) is 0.222. The Labute approximate surface area is 124 Å². The summed E-state index contributed by atoms with van der Waals surface area (Å²) in [5.74, 6) is -0.333. The second kappa shape index (κ2) is 5.80. The van der Waals surface area contributed by atoms with E-state index in [2.05, 4.69) is 6.07 Å². The Hall–Kier alpha value is -2.60. The maximum Gasteiger partial charge on any atom is 0.338 e. The summed E-state index contributed by atoms with van der Waals surface area (Å²) in [7, 11) is 0. The fourth-order valence-electron chi connectivity index (χ4n) is 1.90. The molecule has 0 aromatic heterocycles. The molecule has 0 saturated heterocycles. The van der Waals surface area contributed by atoms with Crippen LogP contribution in [-0.2, 0) is 4.74 Å². The zero-order valence-corrected chi connectivity index (χ0v) is 12.4. The molecule has 0 N–H and O–H groups in total. The summed E-state index contributed by atoms with van der Waals surface area (Å²) in [4.78, 5) is 11.9. The van der Waals surface area contributed by atoms with Crippen LogP contribution < -0.4 is 0 Å². The van der Waals surface area contributed by atoms with Crippen molar-refractivity contribution in [1.82, 2.24) is 0 Å². The van der Waals surface area contributed by atoms with Crippen molar-refractivity contribution in [2.24, 2.45) is 0 Å². The maximum atomic E-state index is 11.9. The Morgan fingerprint density at radius 3 is 2.29 bits per heavy atom. The molecule has 0 heterocycles. The number of nitrogens with zero attached hydrogens (tertiary/aromatic N) is 1. The van der Waals surface area contributed by atoms with E-state index in [9.17, 15) is 4.79 Å². The summed E-state index contributed by atoms with van der Waals surface area (Å²) in [5, 5.41) is 8.92. The minimum Gasteiger partial charge on any atom is -0.456 e. The van der Waals surface area contributed by atoms with E-state index < -0.39 is 5.60 Å². The van der Waals surface area contributed by atoms with Crippen molar-refractivity contribution in [2.45, 2.75) is 26.4 Å². The molecule has 3 nitrogen and oxygen atoms in total. The van der Waals surface area contributed by atoms with Crippen LogP contribution in [0, 0.1) is 11.3 Å². The van der Waals surface area contributed by atoms with Crippen LogP contribution in [0.25, 0.3) is 11.1 Å². The molecule has 0 unspecified atom stereocenters. The highest BCUT2D eigenvalue weighted by Crippen LogP contribution is 2.21. The van der Waals surface area contributed by atoms with Gasteiger partial charge in [-0.15, -0.1) is 0 Å². The van der Waals surface area contributed by atoms with Crippen molar-refractivity contribution in [3.63, 3.8) is 0 Å². The molecule has 21 heavy (non-hydrogen) atoms. The predicted molar refractivity (Wildman–Crippen MR) is 81.8 cm³/mol. The van der Waals surface area contributed by atoms with Gasteiger partial charge in [-0.1, -0.05) is 24.3 Å². The minimum atomic E-state index is -0.503. The SMILES string of the molecule is CC(C)(C)OC(=O)c1ccc(-c2cccc(C#N)c2)cc1. The zero-order valence-electron chi connectivity index (χ0n) is 12.4. The zero-order chi connectivity index (χ0) is 15.5. The first-order valence-electron chi connectivity index (χ1n) is 6.73. The summed E-state index contributed by atoms with van der Waals surface area (Å²) < 4.78 is 5.32. The normalized spacial score (nSPS) is 10.8. The Morgan fingerprint density at radius 1 is 1.05 bits per heavy atom. The summed E-state index contributed by atoms with van der Waals surface area (Å²) in [6.45, 7) is 5.52. The van der Waals surface area contributed by atoms with Gasteiger partial charge in [-0.05, 0) is 56.2 Å². The molecule has 2 aromatic rings. The second-order valence-corrected chi connectivity index (χ2v) is 5.77. The van der Waals surface area contributed by atoms with E-state index in [1.165, 1.54) is 0 Å². The van der Waals surface area contributed by atoms with Gasteiger partial charge < -0.3 is 4.74 Å². The highest BCUT2D eigenvalue weighted by atomic mass is 16.6. The maximum absolute atomic E-state index is 11.9. The lowest BCUT2D eigenvalue weighted by molar-refractivity contribution is 0.00696. The van der Waals surface area contributed by atoms with Gasteiger partial charge in [0.15, 0.2) is 0 Å². The molecular formula is C18H17NO2. The van der Waals surface area contributed by atoms with Gasteiger partial charge in [-0.3, -0.25) is 0 Å². The minimum absolute atomic E-state index is 0.333. The monoisotopic (exact) mass is 279 g/mol. The van der Waals surface area contributed by atoms with Crippen LogP contribution >= 0.6 is 0 Å². The van der Waals surface area contributed by atoms with Crippen molar-refractivity contribution in [1.29, 1.82) is 5.26 Å². The number of hydrogen-bond donors (Lipinski definition) is 0. The van der Waals surface area contributed by atoms with E-state index in [4.69, 9.17) is 10.00 Å². The van der Waals surface area contributed by atoms with E-state index in [-0.39, 0.29) is 5.97 Å². The van der Waals surface area contributed by atoms with Crippen LogP contribution in [0.5, 0.6) is 0 Å². The summed E-state index contributed by atoms with van der Waals surface area (Å²) >= 11 is 0. The number of hydrogen-bond acceptors (Lipinski definition) is 3. The largest absolute Gasteiger partial charge is 0.456 e. The lowest BCUT2D eigenvalue weighted by atomic mass is 10.0. The highest BCUT2D eigenvalue weighted by Gasteiger charge is 2.17. The predicted octanol–water partition coefficient (Wildman–Crippen LogP) is 4.18. The molecule has 0 saturated carbocycles. The third kappa shape index (κ3) is 3.93. The smallest absolute Gasteiger partial charge is 0.338 e. The van der Waals surface area contributed by atoms with Crippen LogP contribution in [-0.4, -0.2) is 11.6 Å². The molecule has 0 bridgehead atoms. The van der Waals surface area contributed by atoms with Crippen molar-refractivity contribution >= 4 is 5.97 Å². The number of rotatable bonds is 2. The Kier molecular flexibility index (Phi) is 4.09. The van der Waals surface area contributed by atoms with Gasteiger partial charge in [-0.2, -0.15) is 5.26 Å². The van der Waals surface area contributed by atoms with E-state index in [1.807, 2.05) is 51.1 Å². The quantitative estimate of drug-likeness (QED) is 0.775. The molecule has 0 radical (unpaired) electrons. The van der Waals surface area contributed by atoms with E-state index in [0.717, 1.165) is 11.1 Å². The Morgan fingerprint density at radius 2 is 1.71 bits per heavy atom. The van der Waals surface area contributed by atoms with Crippen LogP contribution in [0.3, 0.4) is 0 Å². The Bertz CT molecular complexity index is 688. The first-order chi connectivity index (χ1) is 9.89. The van der Waals surface area contributed by atoms with Gasteiger partial charge in [0.1, 0.15) is 5.60 Å². The molecule has 0 aliphatic heterocycles. The van der Waals surface area contributed by atoms with Crippen LogP contribution in [0.2, 0.25) is 0 Å². The van der Waals surface area contributed by atoms with Gasteiger partial charge in [0.25, 0.3) is 0 Å². The lowest BCUT2D eigenvalue weighted by Gasteiger charge is -2.19. The molecule has 2 rings (SSSR count). The third-order valence-electron chi connectivity index (χ3n) is 2.84. The van der Waals surface area contributed by atoms with Crippen molar-refractivity contribution in [2.75, 3.05) is 0 Å². The van der Waals surface area contributed by atoms with Gasteiger partial charge in [0.2, 0.25) is 0 Å². The molecule has 2 aromatic carbocycles. The first-order valence-corrected chi connectivity index (χ1v) is 6.73. The summed E-state index contributed by atoms with van der Waals surface area (Å²) in [6, 6.07) is 16.7. The summed E-state index contributed by atoms with van der Waals surface area (Å²) in [5.41, 5.74) is 2.54. The van der Waals surface area contributed by atoms with Crippen LogP contribution in [0.15, 0.2) is 48.5 Å². The van der Waals surface area contributed by atoms with Crippen LogP contribution in [0.1, 0.15) is 36.7 Å². The molecule has 106 valence electrons. The topological polar surface area (TPSA) is 50.1 Å². The lowest BCUT2D eigenvalue weighted by Crippen LogP contribution is -2.23. The number of nitriles is 1. The number of ether oxygens (including phenoxy) is 1. The average Bonchev–Trinajstić information content (AvgIpc) is 2.46. The highest BCUT2D eigenvalue weighted by molar-refractivity contribution is 5.90. The van der Waals surface area contributed by atoms with Crippen LogP contribution in [0.4, 0.5) is 0 Å². The number of carbonyl (C=O) groups is 1. The number of benzene rings is 2. The average molecular weight is 279 g/mol. The van der Waals surface area contributed by atoms with Crippen molar-refractivity contribution in [3.05, 3.63) is 59.7 Å². The molecule has 0 amide bonds. The van der Waals surface area contributed by atoms with E-state index >= 15 is 0 Å². The molecule has 0 atom stereocenters. The third-order valence-corrected chi connectivity index (χ3v) is 2.84. The molecule has 0 spiro atoms. The summed E-state index contributed by atoms with van der Waals surface area (Å²) in [6.07, 6.45) is 0. The molecule has 3 heteroatoms. The number of esters is 1. The number of carbonyl (C=O) groups excluding carboxylic acids is 1. The molecule has 0 aliphatic rings. The van der Waals surface area contributed by atoms with Gasteiger partial charge in [0, 0.05) is 0 Å². The van der Waals surface area contributed by atoms with Gasteiger partial charge in [0.05, 0.1) is 17.2 Å². The standard InChI is InChI=1S/C18H17NO2/c1-18(2,3)21-17(20)15-9-7-14(8-10-15)16-6-4-5-13(11-16)12-19/h4-11H,1-3H3. The van der Waals surface area contributed by atoms with Crippen molar-refractivity contribution in [3.8, 4) is 17.2 Å². The second-order valence-electron chi connectivity index (χ2n) is 5.77. The van der Waals surface area contributed by atoms with Gasteiger partial charge in [-0.25, -0.2) is 4.79 Å². The fourth-order valence-corrected chi connectivity index (χ4v) is 1.90. The van der Waals surface area contributed by atoms with Crippen molar-refractivity contribution < 1.29 is 9.53 Å². The molecule has 0 aliphatic carbocycles. The van der Waals surface area contributed by atoms with E-state index in [1.54, 1.807) is 18.2 Å². The first kappa shape index (κ1) is 14.8. The van der Waals surface area contributed by atoms with E-state index in [0.29, 0.717) is 11.1 Å². The molecular weight excluding hydrogens is 262 g/mol. The van der Waals surface area contributed by atoms with Gasteiger partial charge >= 0.3 is 5.97 Å². The Balaban J connectivity index is 2.23.